The zero-order valence-corrected chi connectivity index (χ0v) is 10.4. The van der Waals surface area contributed by atoms with E-state index in [1.165, 1.54) is 0 Å². The second-order valence-electron chi connectivity index (χ2n) is 3.74. The molecule has 0 bridgehead atoms. The number of halogens is 4. The van der Waals surface area contributed by atoms with Gasteiger partial charge in [-0.2, -0.15) is 13.2 Å². The van der Waals surface area contributed by atoms with Crippen LogP contribution in [0.25, 0.3) is 10.9 Å². The Labute approximate surface area is 104 Å². The van der Waals surface area contributed by atoms with Crippen LogP contribution in [-0.4, -0.2) is 4.98 Å². The minimum atomic E-state index is -4.49. The van der Waals surface area contributed by atoms with Gasteiger partial charge < -0.3 is 5.73 Å². The zero-order chi connectivity index (χ0) is 12.8. The predicted octanol–water partition coefficient (Wildman–Crippen LogP) is 3.91. The van der Waals surface area contributed by atoms with Crippen molar-refractivity contribution in [3.8, 4) is 0 Å². The fraction of sp³-hybridized carbons (Fsp3) is 0.182. The van der Waals surface area contributed by atoms with Crippen LogP contribution in [0.4, 0.5) is 18.9 Å². The van der Waals surface area contributed by atoms with Crippen LogP contribution in [0.15, 0.2) is 22.7 Å². The van der Waals surface area contributed by atoms with Crippen LogP contribution >= 0.6 is 15.9 Å². The van der Waals surface area contributed by atoms with Gasteiger partial charge in [0.1, 0.15) is 5.69 Å². The van der Waals surface area contributed by atoms with E-state index in [-0.39, 0.29) is 11.2 Å². The average molecular weight is 305 g/mol. The van der Waals surface area contributed by atoms with E-state index in [1.54, 1.807) is 12.1 Å². The number of nitrogens with zero attached hydrogens (tertiary/aromatic N) is 1. The minimum absolute atomic E-state index is 0.0757. The Bertz CT molecular complexity index is 593. The predicted molar refractivity (Wildman–Crippen MR) is 63.6 cm³/mol. The van der Waals surface area contributed by atoms with Crippen molar-refractivity contribution in [1.29, 1.82) is 0 Å². The van der Waals surface area contributed by atoms with Gasteiger partial charge in [-0.05, 0) is 46.6 Å². The Morgan fingerprint density at radius 3 is 2.47 bits per heavy atom. The number of aromatic nitrogens is 1. The minimum Gasteiger partial charge on any atom is -0.398 e. The average Bonchev–Trinajstić information content (AvgIpc) is 2.17. The van der Waals surface area contributed by atoms with E-state index < -0.39 is 11.9 Å². The molecule has 1 aromatic carbocycles. The fourth-order valence-corrected chi connectivity index (χ4v) is 2.25. The first kappa shape index (κ1) is 12.2. The van der Waals surface area contributed by atoms with Crippen LogP contribution in [0.3, 0.4) is 0 Å². The summed E-state index contributed by atoms with van der Waals surface area (Å²) in [6, 6.07) is 4.27. The monoisotopic (exact) mass is 304 g/mol. The molecule has 90 valence electrons. The zero-order valence-electron chi connectivity index (χ0n) is 8.77. The summed E-state index contributed by atoms with van der Waals surface area (Å²) in [5.74, 6) is 0. The van der Waals surface area contributed by atoms with E-state index >= 15 is 0 Å². The molecule has 0 saturated carbocycles. The molecule has 0 radical (unpaired) electrons. The molecule has 2 aromatic rings. The van der Waals surface area contributed by atoms with E-state index in [0.717, 1.165) is 11.6 Å². The van der Waals surface area contributed by atoms with Crippen molar-refractivity contribution >= 4 is 32.5 Å². The topological polar surface area (TPSA) is 38.9 Å². The quantitative estimate of drug-likeness (QED) is 0.801. The molecule has 0 amide bonds. The van der Waals surface area contributed by atoms with Crippen molar-refractivity contribution < 1.29 is 13.2 Å². The van der Waals surface area contributed by atoms with E-state index in [0.29, 0.717) is 9.86 Å². The summed E-state index contributed by atoms with van der Waals surface area (Å²) < 4.78 is 38.2. The molecule has 0 unspecified atom stereocenters. The molecular weight excluding hydrogens is 297 g/mol. The summed E-state index contributed by atoms with van der Waals surface area (Å²) in [6.07, 6.45) is -4.49. The molecular formula is C11H8BrF3N2. The van der Waals surface area contributed by atoms with Gasteiger partial charge in [0.25, 0.3) is 0 Å². The van der Waals surface area contributed by atoms with Gasteiger partial charge in [-0.3, -0.25) is 0 Å². The Morgan fingerprint density at radius 1 is 1.24 bits per heavy atom. The molecule has 2 nitrogen and oxygen atoms in total. The second-order valence-corrected chi connectivity index (χ2v) is 4.59. The highest BCUT2D eigenvalue weighted by molar-refractivity contribution is 9.10. The van der Waals surface area contributed by atoms with Gasteiger partial charge >= 0.3 is 6.18 Å². The number of nitrogen functional groups attached to an aromatic ring is 1. The summed E-state index contributed by atoms with van der Waals surface area (Å²) in [6.45, 7) is 1.83. The number of benzene rings is 1. The summed E-state index contributed by atoms with van der Waals surface area (Å²) in [5, 5.41) is 0.518. The maximum Gasteiger partial charge on any atom is 0.433 e. The van der Waals surface area contributed by atoms with Gasteiger partial charge in [0.15, 0.2) is 0 Å². The standard InChI is InChI=1S/C11H8BrF3N2/c1-5-2-6-8(16)4-9(11(13,14)15)17-10(6)7(12)3-5/h2-4H,1H3,(H2,16,17). The van der Waals surface area contributed by atoms with Crippen molar-refractivity contribution in [2.45, 2.75) is 13.1 Å². The maximum atomic E-state index is 12.6. The number of rotatable bonds is 0. The highest BCUT2D eigenvalue weighted by atomic mass is 79.9. The summed E-state index contributed by atoms with van der Waals surface area (Å²) >= 11 is 3.20. The highest BCUT2D eigenvalue weighted by Gasteiger charge is 2.33. The van der Waals surface area contributed by atoms with Gasteiger partial charge in [-0.15, -0.1) is 0 Å². The van der Waals surface area contributed by atoms with Crippen molar-refractivity contribution in [2.75, 3.05) is 5.73 Å². The molecule has 1 heterocycles. The maximum absolute atomic E-state index is 12.6. The lowest BCUT2D eigenvalue weighted by Gasteiger charge is -2.10. The van der Waals surface area contributed by atoms with Crippen molar-refractivity contribution in [3.05, 3.63) is 33.9 Å². The fourth-order valence-electron chi connectivity index (χ4n) is 1.59. The molecule has 0 spiro atoms. The Hall–Kier alpha value is -1.30. The third-order valence-electron chi connectivity index (χ3n) is 2.33. The number of pyridine rings is 1. The smallest absolute Gasteiger partial charge is 0.398 e. The van der Waals surface area contributed by atoms with Gasteiger partial charge in [0.05, 0.1) is 5.52 Å². The Balaban J connectivity index is 2.83. The molecule has 2 N–H and O–H groups in total. The first-order chi connectivity index (χ1) is 7.79. The van der Waals surface area contributed by atoms with E-state index in [1.807, 2.05) is 6.92 Å². The SMILES string of the molecule is Cc1cc(Br)c2nc(C(F)(F)F)cc(N)c2c1. The van der Waals surface area contributed by atoms with E-state index in [2.05, 4.69) is 20.9 Å². The largest absolute Gasteiger partial charge is 0.433 e. The number of aryl methyl sites for hydroxylation is 1. The third-order valence-corrected chi connectivity index (χ3v) is 2.94. The van der Waals surface area contributed by atoms with Crippen molar-refractivity contribution in [3.63, 3.8) is 0 Å². The Morgan fingerprint density at radius 2 is 1.88 bits per heavy atom. The van der Waals surface area contributed by atoms with Gasteiger partial charge in [-0.1, -0.05) is 0 Å². The highest BCUT2D eigenvalue weighted by Crippen LogP contribution is 2.34. The molecule has 17 heavy (non-hydrogen) atoms. The molecule has 6 heteroatoms. The number of alkyl halides is 3. The van der Waals surface area contributed by atoms with Gasteiger partial charge in [0.2, 0.25) is 0 Å². The molecule has 0 atom stereocenters. The van der Waals surface area contributed by atoms with Crippen LogP contribution in [-0.2, 0) is 6.18 Å². The number of fused-ring (bicyclic) bond motifs is 1. The second kappa shape index (κ2) is 3.87. The Kier molecular flexibility index (Phi) is 2.77. The number of hydrogen-bond donors (Lipinski definition) is 1. The lowest BCUT2D eigenvalue weighted by atomic mass is 10.1. The first-order valence-corrected chi connectivity index (χ1v) is 5.52. The van der Waals surface area contributed by atoms with Crippen LogP contribution in [0.5, 0.6) is 0 Å². The van der Waals surface area contributed by atoms with Gasteiger partial charge in [0, 0.05) is 15.5 Å². The third kappa shape index (κ3) is 2.22. The summed E-state index contributed by atoms with van der Waals surface area (Å²) in [4.78, 5) is 3.60. The molecule has 0 aliphatic rings. The lowest BCUT2D eigenvalue weighted by Crippen LogP contribution is -2.09. The summed E-state index contributed by atoms with van der Waals surface area (Å²) in [5.41, 5.74) is 5.85. The van der Waals surface area contributed by atoms with Crippen LogP contribution < -0.4 is 5.73 Å². The number of nitrogens with two attached hydrogens (primary N) is 1. The van der Waals surface area contributed by atoms with Gasteiger partial charge in [-0.25, -0.2) is 4.98 Å². The molecule has 0 aliphatic carbocycles. The summed E-state index contributed by atoms with van der Waals surface area (Å²) in [7, 11) is 0. The molecule has 0 fully saturated rings. The van der Waals surface area contributed by atoms with Crippen LogP contribution in [0.2, 0.25) is 0 Å². The molecule has 0 aliphatic heterocycles. The number of anilines is 1. The first-order valence-electron chi connectivity index (χ1n) is 4.72. The normalized spacial score (nSPS) is 12.1. The molecule has 2 rings (SSSR count). The van der Waals surface area contributed by atoms with E-state index in [4.69, 9.17) is 5.73 Å². The van der Waals surface area contributed by atoms with E-state index in [9.17, 15) is 13.2 Å². The van der Waals surface area contributed by atoms with Crippen LogP contribution in [0, 0.1) is 6.92 Å². The van der Waals surface area contributed by atoms with Crippen LogP contribution in [0.1, 0.15) is 11.3 Å². The number of hydrogen-bond acceptors (Lipinski definition) is 2. The molecule has 1 aromatic heterocycles. The lowest BCUT2D eigenvalue weighted by molar-refractivity contribution is -0.140. The van der Waals surface area contributed by atoms with Crippen molar-refractivity contribution in [2.24, 2.45) is 0 Å². The van der Waals surface area contributed by atoms with Crippen molar-refractivity contribution in [1.82, 2.24) is 4.98 Å². The molecule has 0 saturated heterocycles.